The molecule has 0 aliphatic heterocycles. The van der Waals surface area contributed by atoms with Gasteiger partial charge in [0.15, 0.2) is 5.78 Å². The Bertz CT molecular complexity index is 573. The van der Waals surface area contributed by atoms with Crippen molar-refractivity contribution in [1.29, 1.82) is 0 Å². The van der Waals surface area contributed by atoms with Crippen LogP contribution in [-0.4, -0.2) is 34.4 Å². The summed E-state index contributed by atoms with van der Waals surface area (Å²) < 4.78 is 15.2. The van der Waals surface area contributed by atoms with Crippen molar-refractivity contribution < 1.29 is 19.4 Å². The van der Waals surface area contributed by atoms with Crippen molar-refractivity contribution in [2.45, 2.75) is 70.8 Å². The molecule has 23 heavy (non-hydrogen) atoms. The van der Waals surface area contributed by atoms with Crippen molar-refractivity contribution in [1.82, 2.24) is 0 Å². The van der Waals surface area contributed by atoms with Crippen LogP contribution in [0.3, 0.4) is 0 Å². The Balaban J connectivity index is 1.78. The zero-order valence-electron chi connectivity index (χ0n) is 14.0. The first kappa shape index (κ1) is 15.8. The van der Waals surface area contributed by atoms with Crippen LogP contribution in [0.5, 0.6) is 0 Å². The smallest absolute Gasteiger partial charge is 0.155 e. The lowest BCUT2D eigenvalue weighted by atomic mass is 9.46. The monoisotopic (exact) mass is 322 g/mol. The minimum Gasteiger partial charge on any atom is -0.392 e. The van der Waals surface area contributed by atoms with E-state index in [1.807, 2.05) is 6.92 Å². The molecule has 0 saturated heterocycles. The number of alkyl halides is 1. The Morgan fingerprint density at radius 2 is 1.91 bits per heavy atom. The number of fused-ring (bicyclic) bond motifs is 5. The van der Waals surface area contributed by atoms with Crippen LogP contribution in [0.25, 0.3) is 0 Å². The summed E-state index contributed by atoms with van der Waals surface area (Å²) in [6.07, 6.45) is 3.14. The molecule has 0 spiro atoms. The maximum absolute atomic E-state index is 15.2. The number of hydrogen-bond donors (Lipinski definition) is 2. The van der Waals surface area contributed by atoms with Gasteiger partial charge in [-0.1, -0.05) is 19.4 Å². The highest BCUT2D eigenvalue weighted by Crippen LogP contribution is 2.65. The third kappa shape index (κ3) is 1.85. The minimum absolute atomic E-state index is 0.131. The summed E-state index contributed by atoms with van der Waals surface area (Å²) in [5, 5.41) is 21.3. The molecule has 2 N–H and O–H groups in total. The quantitative estimate of drug-likeness (QED) is 0.721. The first-order valence-electron chi connectivity index (χ1n) is 9.04. The van der Waals surface area contributed by atoms with E-state index in [4.69, 9.17) is 0 Å². The van der Waals surface area contributed by atoms with E-state index in [1.54, 1.807) is 6.08 Å². The Morgan fingerprint density at radius 1 is 1.17 bits per heavy atom. The predicted molar refractivity (Wildman–Crippen MR) is 84.4 cm³/mol. The third-order valence-corrected chi connectivity index (χ3v) is 7.95. The number of allylic oxidation sites excluding steroid dienone is 1. The SMILES string of the molecule is C[C@]12[C@H](F)[C@H](O)[C@H]3[C@@H](CCC4=CC(=O)CC[C@@]43C)[C@@H]1CC[C@@H]2O. The topological polar surface area (TPSA) is 57.5 Å². The molecular formula is C19H27FO3. The van der Waals surface area contributed by atoms with Crippen molar-refractivity contribution in [3.63, 3.8) is 0 Å². The lowest BCUT2D eigenvalue weighted by Gasteiger charge is -2.60. The van der Waals surface area contributed by atoms with Crippen molar-refractivity contribution in [3.05, 3.63) is 11.6 Å². The second-order valence-electron chi connectivity index (χ2n) is 8.74. The van der Waals surface area contributed by atoms with Gasteiger partial charge in [-0.3, -0.25) is 4.79 Å². The van der Waals surface area contributed by atoms with Gasteiger partial charge >= 0.3 is 0 Å². The fourth-order valence-electron chi connectivity index (χ4n) is 6.59. The predicted octanol–water partition coefficient (Wildman–Crippen LogP) is 2.80. The van der Waals surface area contributed by atoms with Gasteiger partial charge in [0.2, 0.25) is 0 Å². The normalized spacial score (nSPS) is 55.7. The first-order chi connectivity index (χ1) is 10.8. The number of carbonyl (C=O) groups excluding carboxylic acids is 1. The van der Waals surface area contributed by atoms with E-state index in [1.165, 1.54) is 0 Å². The molecule has 4 heteroatoms. The molecule has 4 rings (SSSR count). The molecule has 0 aromatic carbocycles. The van der Waals surface area contributed by atoms with E-state index < -0.39 is 23.8 Å². The Morgan fingerprint density at radius 3 is 2.65 bits per heavy atom. The lowest BCUT2D eigenvalue weighted by molar-refractivity contribution is -0.187. The highest BCUT2D eigenvalue weighted by atomic mass is 19.1. The Labute approximate surface area is 137 Å². The van der Waals surface area contributed by atoms with Gasteiger partial charge in [-0.15, -0.1) is 0 Å². The van der Waals surface area contributed by atoms with E-state index in [9.17, 15) is 15.0 Å². The molecule has 0 bridgehead atoms. The van der Waals surface area contributed by atoms with Crippen LogP contribution >= 0.6 is 0 Å². The van der Waals surface area contributed by atoms with Gasteiger partial charge in [0, 0.05) is 11.8 Å². The molecule has 128 valence electrons. The van der Waals surface area contributed by atoms with Crippen LogP contribution < -0.4 is 0 Å². The molecule has 3 nitrogen and oxygen atoms in total. The van der Waals surface area contributed by atoms with E-state index >= 15 is 4.39 Å². The lowest BCUT2D eigenvalue weighted by Crippen LogP contribution is -2.63. The van der Waals surface area contributed by atoms with Crippen LogP contribution in [0.2, 0.25) is 0 Å². The first-order valence-corrected chi connectivity index (χ1v) is 9.04. The van der Waals surface area contributed by atoms with Gasteiger partial charge in [-0.2, -0.15) is 0 Å². The summed E-state index contributed by atoms with van der Waals surface area (Å²) in [6, 6.07) is 0. The molecule has 8 atom stereocenters. The van der Waals surface area contributed by atoms with Gasteiger partial charge in [-0.25, -0.2) is 4.39 Å². The van der Waals surface area contributed by atoms with Crippen molar-refractivity contribution >= 4 is 5.78 Å². The third-order valence-electron chi connectivity index (χ3n) is 7.95. The van der Waals surface area contributed by atoms with Crippen LogP contribution in [0, 0.1) is 28.6 Å². The second-order valence-corrected chi connectivity index (χ2v) is 8.74. The molecular weight excluding hydrogens is 295 g/mol. The summed E-state index contributed by atoms with van der Waals surface area (Å²) in [5.74, 6) is 0.416. The average Bonchev–Trinajstić information content (AvgIpc) is 2.82. The van der Waals surface area contributed by atoms with Crippen molar-refractivity contribution in [2.24, 2.45) is 28.6 Å². The molecule has 4 aliphatic carbocycles. The fraction of sp³-hybridized carbons (Fsp3) is 0.842. The highest BCUT2D eigenvalue weighted by molar-refractivity contribution is 5.91. The van der Waals surface area contributed by atoms with E-state index in [2.05, 4.69) is 6.92 Å². The molecule has 0 heterocycles. The molecule has 3 fully saturated rings. The summed E-state index contributed by atoms with van der Waals surface area (Å²) in [4.78, 5) is 11.8. The number of hydrogen-bond acceptors (Lipinski definition) is 3. The second kappa shape index (κ2) is 4.89. The fourth-order valence-corrected chi connectivity index (χ4v) is 6.59. The van der Waals surface area contributed by atoms with Gasteiger partial charge < -0.3 is 10.2 Å². The summed E-state index contributed by atoms with van der Waals surface area (Å²) in [6.45, 7) is 3.95. The molecule has 3 saturated carbocycles. The molecule has 0 radical (unpaired) electrons. The Kier molecular flexibility index (Phi) is 3.35. The number of halogens is 1. The molecule has 0 aromatic heterocycles. The highest BCUT2D eigenvalue weighted by Gasteiger charge is 2.66. The molecule has 0 unspecified atom stereocenters. The van der Waals surface area contributed by atoms with Gasteiger partial charge in [0.05, 0.1) is 12.2 Å². The van der Waals surface area contributed by atoms with Gasteiger partial charge in [0.1, 0.15) is 6.17 Å². The van der Waals surface area contributed by atoms with Crippen LogP contribution in [0.15, 0.2) is 11.6 Å². The number of ketones is 1. The van der Waals surface area contributed by atoms with Crippen LogP contribution in [-0.2, 0) is 4.79 Å². The van der Waals surface area contributed by atoms with Crippen LogP contribution in [0.1, 0.15) is 52.4 Å². The number of aliphatic hydroxyl groups is 2. The summed E-state index contributed by atoms with van der Waals surface area (Å²) >= 11 is 0. The van der Waals surface area contributed by atoms with Gasteiger partial charge in [-0.05, 0) is 61.3 Å². The van der Waals surface area contributed by atoms with Crippen molar-refractivity contribution in [2.75, 3.05) is 0 Å². The summed E-state index contributed by atoms with van der Waals surface area (Å²) in [7, 11) is 0. The maximum atomic E-state index is 15.2. The molecule has 4 aliphatic rings. The summed E-state index contributed by atoms with van der Waals surface area (Å²) in [5.41, 5.74) is 0.0290. The van der Waals surface area contributed by atoms with Gasteiger partial charge in [0.25, 0.3) is 0 Å². The molecule has 0 aromatic rings. The number of aliphatic hydroxyl groups excluding tert-OH is 2. The average molecular weight is 322 g/mol. The largest absolute Gasteiger partial charge is 0.392 e. The van der Waals surface area contributed by atoms with Crippen molar-refractivity contribution in [3.8, 4) is 0 Å². The standard InChI is InChI=1S/C19H27FO3/c1-18-8-7-11(21)9-10(18)3-4-12-13-5-6-14(22)19(13,2)17(20)16(23)15(12)18/h9,12-17,22-23H,3-8H2,1-2H3/t12-,13-,14-,15+,16+,17+,18-,19-/m0/s1. The van der Waals surface area contributed by atoms with E-state index in [0.29, 0.717) is 19.3 Å². The molecule has 0 amide bonds. The maximum Gasteiger partial charge on any atom is 0.155 e. The minimum atomic E-state index is -1.39. The zero-order valence-corrected chi connectivity index (χ0v) is 14.0. The van der Waals surface area contributed by atoms with E-state index in [0.717, 1.165) is 24.8 Å². The Hall–Kier alpha value is -0.740. The number of carbonyl (C=O) groups is 1. The number of rotatable bonds is 0. The zero-order chi connectivity index (χ0) is 16.6. The van der Waals surface area contributed by atoms with Crippen LogP contribution in [0.4, 0.5) is 4.39 Å². The van der Waals surface area contributed by atoms with E-state index in [-0.39, 0.29) is 29.0 Å².